The van der Waals surface area contributed by atoms with Gasteiger partial charge in [0.2, 0.25) is 6.79 Å². The van der Waals surface area contributed by atoms with Gasteiger partial charge < -0.3 is 18.9 Å². The van der Waals surface area contributed by atoms with Crippen molar-refractivity contribution in [2.45, 2.75) is 37.3 Å². The molecule has 0 N–H and O–H groups in total. The van der Waals surface area contributed by atoms with Crippen LogP contribution in [-0.2, 0) is 13.0 Å². The van der Waals surface area contributed by atoms with Gasteiger partial charge in [0.05, 0.1) is 14.2 Å². The molecule has 3 heterocycles. The van der Waals surface area contributed by atoms with Crippen molar-refractivity contribution >= 4 is 23.2 Å². The number of benzene rings is 4. The Bertz CT molecular complexity index is 1540. The molecule has 2 unspecified atom stereocenters. The van der Waals surface area contributed by atoms with E-state index in [1.165, 1.54) is 33.4 Å². The van der Waals surface area contributed by atoms with Gasteiger partial charge in [-0.05, 0) is 83.1 Å². The van der Waals surface area contributed by atoms with Crippen molar-refractivity contribution in [2.75, 3.05) is 27.6 Å². The Morgan fingerprint density at radius 2 is 1.49 bits per heavy atom. The summed E-state index contributed by atoms with van der Waals surface area (Å²) in [6.45, 7) is 2.00. The van der Waals surface area contributed by atoms with Crippen LogP contribution in [0.3, 0.4) is 0 Å². The summed E-state index contributed by atoms with van der Waals surface area (Å²) in [6.07, 6.45) is 1.83. The predicted octanol–water partition coefficient (Wildman–Crippen LogP) is 8.16. The highest BCUT2D eigenvalue weighted by atomic mass is 35.5. The van der Waals surface area contributed by atoms with Crippen LogP contribution in [0.15, 0.2) is 72.8 Å². The Labute approximate surface area is 250 Å². The molecular formula is C34H31Cl2NO4. The Kier molecular flexibility index (Phi) is 6.98. The molecule has 5 nitrogen and oxygen atoms in total. The predicted molar refractivity (Wildman–Crippen MR) is 161 cm³/mol. The van der Waals surface area contributed by atoms with Crippen molar-refractivity contribution < 1.29 is 18.9 Å². The van der Waals surface area contributed by atoms with E-state index < -0.39 is 0 Å². The van der Waals surface area contributed by atoms with E-state index in [2.05, 4.69) is 47.4 Å². The highest BCUT2D eigenvalue weighted by Gasteiger charge is 2.43. The highest BCUT2D eigenvalue weighted by Crippen LogP contribution is 2.54. The molecule has 0 spiro atoms. The van der Waals surface area contributed by atoms with Gasteiger partial charge in [0.1, 0.15) is 0 Å². The number of hydrogen-bond acceptors (Lipinski definition) is 5. The quantitative estimate of drug-likeness (QED) is 0.227. The Morgan fingerprint density at radius 3 is 2.12 bits per heavy atom. The fourth-order valence-corrected chi connectivity index (χ4v) is 7.25. The first-order valence-corrected chi connectivity index (χ1v) is 14.7. The average Bonchev–Trinajstić information content (AvgIpc) is 3.46. The molecule has 4 aromatic carbocycles. The van der Waals surface area contributed by atoms with Crippen LogP contribution in [0.25, 0.3) is 0 Å². The summed E-state index contributed by atoms with van der Waals surface area (Å²) in [5.41, 5.74) is 7.58. The van der Waals surface area contributed by atoms with Crippen molar-refractivity contribution in [1.29, 1.82) is 0 Å². The summed E-state index contributed by atoms with van der Waals surface area (Å²) in [5.74, 6) is 3.53. The summed E-state index contributed by atoms with van der Waals surface area (Å²) in [7, 11) is 3.43. The van der Waals surface area contributed by atoms with E-state index in [9.17, 15) is 0 Å². The molecule has 3 aliphatic rings. The lowest BCUT2D eigenvalue weighted by Gasteiger charge is -2.47. The minimum Gasteiger partial charge on any atom is -0.493 e. The second kappa shape index (κ2) is 10.8. The van der Waals surface area contributed by atoms with E-state index in [4.69, 9.17) is 42.1 Å². The van der Waals surface area contributed by atoms with Crippen LogP contribution >= 0.6 is 23.2 Å². The van der Waals surface area contributed by atoms with E-state index in [1.54, 1.807) is 14.2 Å². The fraction of sp³-hybridized carbons (Fsp3) is 0.294. The number of methoxy groups -OCH3 is 2. The van der Waals surface area contributed by atoms with E-state index in [0.29, 0.717) is 0 Å². The van der Waals surface area contributed by atoms with Crippen LogP contribution in [0.2, 0.25) is 10.0 Å². The Hall–Kier alpha value is -3.38. The third-order valence-electron chi connectivity index (χ3n) is 8.88. The minimum absolute atomic E-state index is 0.120. The third kappa shape index (κ3) is 4.70. The number of ether oxygens (including phenoxy) is 4. The zero-order valence-corrected chi connectivity index (χ0v) is 24.5. The van der Waals surface area contributed by atoms with Gasteiger partial charge in [-0.2, -0.15) is 0 Å². The smallest absolute Gasteiger partial charge is 0.231 e. The summed E-state index contributed by atoms with van der Waals surface area (Å²) >= 11 is 12.7. The van der Waals surface area contributed by atoms with E-state index in [1.807, 2.05) is 30.3 Å². The minimum atomic E-state index is 0.120. The van der Waals surface area contributed by atoms with Crippen molar-refractivity contribution in [3.05, 3.63) is 116 Å². The number of halogens is 2. The summed E-state index contributed by atoms with van der Waals surface area (Å²) < 4.78 is 23.3. The first-order valence-electron chi connectivity index (χ1n) is 13.9. The van der Waals surface area contributed by atoms with Gasteiger partial charge in [-0.25, -0.2) is 0 Å². The van der Waals surface area contributed by atoms with Crippen LogP contribution in [0.4, 0.5) is 0 Å². The van der Waals surface area contributed by atoms with Crippen molar-refractivity contribution in [3.63, 3.8) is 0 Å². The molecule has 0 amide bonds. The zero-order valence-electron chi connectivity index (χ0n) is 23.0. The molecule has 7 heteroatoms. The van der Waals surface area contributed by atoms with Crippen molar-refractivity contribution in [1.82, 2.24) is 4.90 Å². The molecule has 0 fully saturated rings. The molecule has 0 aromatic heterocycles. The normalized spacial score (nSPS) is 19.0. The molecule has 0 saturated carbocycles. The molecule has 0 bridgehead atoms. The number of nitrogens with zero attached hydrogens (tertiary/aromatic N) is 1. The molecule has 4 aromatic rings. The van der Waals surface area contributed by atoms with E-state index in [-0.39, 0.29) is 24.7 Å². The van der Waals surface area contributed by atoms with Crippen molar-refractivity contribution in [3.8, 4) is 23.0 Å². The average molecular weight is 589 g/mol. The van der Waals surface area contributed by atoms with E-state index >= 15 is 0 Å². The van der Waals surface area contributed by atoms with Crippen LogP contribution in [0.5, 0.6) is 23.0 Å². The molecule has 210 valence electrons. The van der Waals surface area contributed by atoms with Gasteiger partial charge in [-0.1, -0.05) is 53.5 Å². The van der Waals surface area contributed by atoms with Gasteiger partial charge in [0.15, 0.2) is 23.0 Å². The van der Waals surface area contributed by atoms with Crippen LogP contribution in [-0.4, -0.2) is 32.5 Å². The lowest BCUT2D eigenvalue weighted by molar-refractivity contribution is 0.125. The second-order valence-electron chi connectivity index (χ2n) is 10.9. The van der Waals surface area contributed by atoms with Crippen LogP contribution in [0.1, 0.15) is 57.7 Å². The Morgan fingerprint density at radius 1 is 0.829 bits per heavy atom. The molecule has 7 rings (SSSR count). The number of rotatable bonds is 6. The maximum atomic E-state index is 6.33. The summed E-state index contributed by atoms with van der Waals surface area (Å²) in [4.78, 5) is 2.60. The molecule has 0 radical (unpaired) electrons. The number of fused-ring (bicyclic) bond motifs is 5. The second-order valence-corrected chi connectivity index (χ2v) is 11.8. The molecule has 3 aliphatic heterocycles. The van der Waals surface area contributed by atoms with Gasteiger partial charge in [-0.15, -0.1) is 0 Å². The third-order valence-corrected chi connectivity index (χ3v) is 9.38. The highest BCUT2D eigenvalue weighted by molar-refractivity contribution is 6.30. The summed E-state index contributed by atoms with van der Waals surface area (Å²) in [5, 5.41) is 1.46. The van der Waals surface area contributed by atoms with Gasteiger partial charge in [0.25, 0.3) is 0 Å². The fourth-order valence-electron chi connectivity index (χ4n) is 6.99. The standard InChI is InChI=1S/C34H31Cl2NO4/c1-38-30-12-11-25-28(16-26(20-3-7-23(35)8-4-20)21-5-9-24(36)10-6-21)33-27-17-32-31(40-19-41-32)15-22(27)13-14-37(33)18-29(25)34(30)39-2/h3-12,15,17,26,28,33H,13-14,16,18-19H2,1-2H3. The first kappa shape index (κ1) is 26.5. The zero-order chi connectivity index (χ0) is 28.1. The topological polar surface area (TPSA) is 40.2 Å². The molecular weight excluding hydrogens is 557 g/mol. The van der Waals surface area contributed by atoms with Gasteiger partial charge in [0, 0.05) is 46.6 Å². The maximum Gasteiger partial charge on any atom is 0.231 e. The van der Waals surface area contributed by atoms with Gasteiger partial charge >= 0.3 is 0 Å². The van der Waals surface area contributed by atoms with Gasteiger partial charge in [-0.3, -0.25) is 4.90 Å². The van der Waals surface area contributed by atoms with Crippen molar-refractivity contribution in [2.24, 2.45) is 0 Å². The first-order chi connectivity index (χ1) is 20.0. The maximum absolute atomic E-state index is 6.33. The SMILES string of the molecule is COc1ccc2c(c1OC)CN1CCc3cc4c(cc3C1C2CC(c1ccc(Cl)cc1)c1ccc(Cl)cc1)OCO4. The molecule has 41 heavy (non-hydrogen) atoms. The largest absolute Gasteiger partial charge is 0.493 e. The summed E-state index contributed by atoms with van der Waals surface area (Å²) in [6, 6.07) is 25.3. The number of hydrogen-bond donors (Lipinski definition) is 0. The Balaban J connectivity index is 1.40. The monoisotopic (exact) mass is 587 g/mol. The lowest BCUT2D eigenvalue weighted by atomic mass is 9.71. The van der Waals surface area contributed by atoms with Crippen LogP contribution in [0, 0.1) is 0 Å². The molecule has 0 saturated heterocycles. The van der Waals surface area contributed by atoms with Crippen LogP contribution < -0.4 is 18.9 Å². The molecule has 2 atom stereocenters. The molecule has 0 aliphatic carbocycles. The van der Waals surface area contributed by atoms with E-state index in [0.717, 1.165) is 59.0 Å². The lowest BCUT2D eigenvalue weighted by Crippen LogP contribution is -2.42.